The van der Waals surface area contributed by atoms with Crippen LogP contribution in [0.2, 0.25) is 0 Å². The summed E-state index contributed by atoms with van der Waals surface area (Å²) in [6.45, 7) is 3.89. The Balaban J connectivity index is 2.76. The van der Waals surface area contributed by atoms with Gasteiger partial charge >= 0.3 is 0 Å². The minimum absolute atomic E-state index is 0.520. The van der Waals surface area contributed by atoms with Gasteiger partial charge in [0.15, 0.2) is 0 Å². The maximum Gasteiger partial charge on any atom is 0.118 e. The molecule has 0 spiro atoms. The highest BCUT2D eigenvalue weighted by atomic mass is 32.2. The SMILES string of the molecule is C=C(CS(C)=O)c1ccc(OC)cc1. The van der Waals surface area contributed by atoms with Crippen LogP contribution in [-0.2, 0) is 10.8 Å². The first-order valence-electron chi connectivity index (χ1n) is 4.25. The highest BCUT2D eigenvalue weighted by Crippen LogP contribution is 2.17. The van der Waals surface area contributed by atoms with Gasteiger partial charge in [-0.05, 0) is 23.3 Å². The van der Waals surface area contributed by atoms with Crippen molar-refractivity contribution in [1.82, 2.24) is 0 Å². The molecule has 3 heteroatoms. The lowest BCUT2D eigenvalue weighted by atomic mass is 10.1. The molecule has 0 aliphatic carbocycles. The van der Waals surface area contributed by atoms with Crippen LogP contribution >= 0.6 is 0 Å². The van der Waals surface area contributed by atoms with Gasteiger partial charge in [-0.15, -0.1) is 0 Å². The Morgan fingerprint density at radius 1 is 1.43 bits per heavy atom. The smallest absolute Gasteiger partial charge is 0.118 e. The van der Waals surface area contributed by atoms with Crippen molar-refractivity contribution in [2.45, 2.75) is 0 Å². The normalized spacial score (nSPS) is 12.1. The minimum atomic E-state index is -0.834. The molecule has 0 N–H and O–H groups in total. The third-order valence-electron chi connectivity index (χ3n) is 1.88. The van der Waals surface area contributed by atoms with E-state index < -0.39 is 10.8 Å². The molecule has 1 rings (SSSR count). The van der Waals surface area contributed by atoms with E-state index in [1.165, 1.54) is 0 Å². The summed E-state index contributed by atoms with van der Waals surface area (Å²) >= 11 is 0. The van der Waals surface area contributed by atoms with Gasteiger partial charge in [-0.1, -0.05) is 18.7 Å². The minimum Gasteiger partial charge on any atom is -0.497 e. The van der Waals surface area contributed by atoms with E-state index in [2.05, 4.69) is 6.58 Å². The van der Waals surface area contributed by atoms with Crippen molar-refractivity contribution in [2.75, 3.05) is 19.1 Å². The van der Waals surface area contributed by atoms with Crippen molar-refractivity contribution < 1.29 is 8.95 Å². The zero-order valence-corrected chi connectivity index (χ0v) is 9.26. The second-order valence-corrected chi connectivity index (χ2v) is 4.48. The van der Waals surface area contributed by atoms with E-state index in [-0.39, 0.29) is 0 Å². The molecule has 0 aliphatic rings. The van der Waals surface area contributed by atoms with Gasteiger partial charge < -0.3 is 4.74 Å². The van der Waals surface area contributed by atoms with Crippen molar-refractivity contribution in [3.8, 4) is 5.75 Å². The third kappa shape index (κ3) is 3.00. The van der Waals surface area contributed by atoms with Gasteiger partial charge in [-0.2, -0.15) is 0 Å². The molecule has 1 unspecified atom stereocenters. The number of rotatable bonds is 4. The first-order chi connectivity index (χ1) is 6.63. The summed E-state index contributed by atoms with van der Waals surface area (Å²) < 4.78 is 16.0. The average molecular weight is 210 g/mol. The van der Waals surface area contributed by atoms with Crippen molar-refractivity contribution in [2.24, 2.45) is 0 Å². The van der Waals surface area contributed by atoms with Gasteiger partial charge in [-0.25, -0.2) is 0 Å². The van der Waals surface area contributed by atoms with E-state index in [1.807, 2.05) is 24.3 Å². The molecule has 0 amide bonds. The van der Waals surface area contributed by atoms with Crippen LogP contribution in [0.5, 0.6) is 5.75 Å². The molecule has 0 aliphatic heterocycles. The number of benzene rings is 1. The first-order valence-corrected chi connectivity index (χ1v) is 5.98. The molecule has 0 heterocycles. The molecule has 14 heavy (non-hydrogen) atoms. The molecule has 76 valence electrons. The fraction of sp³-hybridized carbons (Fsp3) is 0.273. The summed E-state index contributed by atoms with van der Waals surface area (Å²) in [5.41, 5.74) is 1.91. The highest BCUT2D eigenvalue weighted by Gasteiger charge is 2.01. The van der Waals surface area contributed by atoms with Gasteiger partial charge in [0.05, 0.1) is 7.11 Å². The lowest BCUT2D eigenvalue weighted by Crippen LogP contribution is -1.96. The zero-order valence-electron chi connectivity index (χ0n) is 8.45. The first kappa shape index (κ1) is 11.0. The topological polar surface area (TPSA) is 26.3 Å². The second-order valence-electron chi connectivity index (χ2n) is 3.05. The number of hydrogen-bond acceptors (Lipinski definition) is 2. The summed E-state index contributed by atoms with van der Waals surface area (Å²) in [5, 5.41) is 0. The summed E-state index contributed by atoms with van der Waals surface area (Å²) in [4.78, 5) is 0. The Labute approximate surface area is 87.1 Å². The molecule has 1 atom stereocenters. The van der Waals surface area contributed by atoms with E-state index in [9.17, 15) is 4.21 Å². The second kappa shape index (κ2) is 4.96. The van der Waals surface area contributed by atoms with Crippen molar-refractivity contribution in [3.05, 3.63) is 36.4 Å². The van der Waals surface area contributed by atoms with Gasteiger partial charge in [0, 0.05) is 22.8 Å². The van der Waals surface area contributed by atoms with Crippen molar-refractivity contribution in [1.29, 1.82) is 0 Å². The number of ether oxygens (including phenoxy) is 1. The van der Waals surface area contributed by atoms with Gasteiger partial charge in [0.1, 0.15) is 5.75 Å². The van der Waals surface area contributed by atoms with Crippen LogP contribution in [0.1, 0.15) is 5.56 Å². The summed E-state index contributed by atoms with van der Waals surface area (Å²) in [5.74, 6) is 1.34. The van der Waals surface area contributed by atoms with Crippen LogP contribution in [0.15, 0.2) is 30.8 Å². The third-order valence-corrected chi connectivity index (χ3v) is 2.63. The predicted octanol–water partition coefficient (Wildman–Crippen LogP) is 2.09. The Morgan fingerprint density at radius 3 is 2.43 bits per heavy atom. The van der Waals surface area contributed by atoms with Gasteiger partial charge in [-0.3, -0.25) is 4.21 Å². The van der Waals surface area contributed by atoms with E-state index in [4.69, 9.17) is 4.74 Å². The molecule has 0 saturated carbocycles. The lowest BCUT2D eigenvalue weighted by molar-refractivity contribution is 0.415. The van der Waals surface area contributed by atoms with Crippen LogP contribution in [0, 0.1) is 0 Å². The fourth-order valence-corrected chi connectivity index (χ4v) is 1.81. The Kier molecular flexibility index (Phi) is 3.89. The summed E-state index contributed by atoms with van der Waals surface area (Å²) in [7, 11) is 0.796. The molecule has 0 saturated heterocycles. The van der Waals surface area contributed by atoms with Crippen molar-refractivity contribution >= 4 is 16.4 Å². The van der Waals surface area contributed by atoms with Crippen molar-refractivity contribution in [3.63, 3.8) is 0 Å². The van der Waals surface area contributed by atoms with E-state index >= 15 is 0 Å². The maximum absolute atomic E-state index is 11.0. The maximum atomic E-state index is 11.0. The molecule has 1 aromatic rings. The fourth-order valence-electron chi connectivity index (χ4n) is 1.16. The van der Waals surface area contributed by atoms with E-state index in [1.54, 1.807) is 13.4 Å². The molecular formula is C11H14O2S. The standard InChI is InChI=1S/C11H14O2S/c1-9(8-14(3)12)10-4-6-11(13-2)7-5-10/h4-7H,1,8H2,2-3H3. The van der Waals surface area contributed by atoms with E-state index in [0.717, 1.165) is 16.9 Å². The molecule has 0 bridgehead atoms. The number of hydrogen-bond donors (Lipinski definition) is 0. The monoisotopic (exact) mass is 210 g/mol. The van der Waals surface area contributed by atoms with Crippen LogP contribution in [0.4, 0.5) is 0 Å². The van der Waals surface area contributed by atoms with Gasteiger partial charge in [0.2, 0.25) is 0 Å². The molecule has 0 radical (unpaired) electrons. The highest BCUT2D eigenvalue weighted by molar-refractivity contribution is 7.84. The van der Waals surface area contributed by atoms with E-state index in [0.29, 0.717) is 5.75 Å². The molecular weight excluding hydrogens is 196 g/mol. The van der Waals surface area contributed by atoms with Crippen LogP contribution in [0.25, 0.3) is 5.57 Å². The Hall–Kier alpha value is -1.09. The molecule has 1 aromatic carbocycles. The molecule has 0 aromatic heterocycles. The molecule has 2 nitrogen and oxygen atoms in total. The van der Waals surface area contributed by atoms with Crippen LogP contribution in [0.3, 0.4) is 0 Å². The lowest BCUT2D eigenvalue weighted by Gasteiger charge is -2.05. The van der Waals surface area contributed by atoms with Gasteiger partial charge in [0.25, 0.3) is 0 Å². The quantitative estimate of drug-likeness (QED) is 0.760. The predicted molar refractivity (Wildman–Crippen MR) is 61.0 cm³/mol. The Bertz CT molecular complexity index is 341. The summed E-state index contributed by atoms with van der Waals surface area (Å²) in [6.07, 6.45) is 1.68. The zero-order chi connectivity index (χ0) is 10.6. The van der Waals surface area contributed by atoms with Crippen LogP contribution in [-0.4, -0.2) is 23.3 Å². The Morgan fingerprint density at radius 2 is 2.00 bits per heavy atom. The summed E-state index contributed by atoms with van der Waals surface area (Å²) in [6, 6.07) is 7.60. The number of methoxy groups -OCH3 is 1. The average Bonchev–Trinajstić information content (AvgIpc) is 2.17. The largest absolute Gasteiger partial charge is 0.497 e. The molecule has 0 fully saturated rings. The van der Waals surface area contributed by atoms with Crippen LogP contribution < -0.4 is 4.74 Å².